The van der Waals surface area contributed by atoms with Gasteiger partial charge in [-0.2, -0.15) is 17.5 Å². The molecule has 134 valence electrons. The van der Waals surface area contributed by atoms with Crippen molar-refractivity contribution in [2.24, 2.45) is 0 Å². The van der Waals surface area contributed by atoms with E-state index in [2.05, 4.69) is 0 Å². The van der Waals surface area contributed by atoms with Crippen molar-refractivity contribution in [2.45, 2.75) is 54.9 Å². The van der Waals surface area contributed by atoms with Crippen LogP contribution in [0.3, 0.4) is 0 Å². The van der Waals surface area contributed by atoms with Gasteiger partial charge in [0.15, 0.2) is 0 Å². The van der Waals surface area contributed by atoms with Gasteiger partial charge in [0.2, 0.25) is 10.0 Å². The van der Waals surface area contributed by atoms with Gasteiger partial charge in [0.05, 0.1) is 21.6 Å². The molecule has 2 saturated heterocycles. The lowest BCUT2D eigenvalue weighted by atomic mass is 10.0. The molecule has 0 spiro atoms. The molecule has 1 aromatic carbocycles. The van der Waals surface area contributed by atoms with Crippen LogP contribution in [0.5, 0.6) is 0 Å². The highest BCUT2D eigenvalue weighted by atomic mass is 35.5. The average molecular weight is 384 g/mol. The van der Waals surface area contributed by atoms with E-state index < -0.39 is 26.8 Å². The molecule has 2 bridgehead atoms. The van der Waals surface area contributed by atoms with Crippen LogP contribution in [-0.2, 0) is 20.9 Å². The summed E-state index contributed by atoms with van der Waals surface area (Å²) in [5.41, 5.74) is -1.13. The Morgan fingerprint density at radius 1 is 1.21 bits per heavy atom. The second-order valence-corrected chi connectivity index (χ2v) is 8.44. The molecular formula is C15H17ClF3NO3S. The zero-order valence-electron chi connectivity index (χ0n) is 12.9. The molecule has 3 rings (SSSR count). The third kappa shape index (κ3) is 3.05. The maximum Gasteiger partial charge on any atom is 0.417 e. The summed E-state index contributed by atoms with van der Waals surface area (Å²) in [5, 5.41) is -0.512. The Labute approximate surface area is 143 Å². The molecule has 0 saturated carbocycles. The summed E-state index contributed by atoms with van der Waals surface area (Å²) in [7, 11) is -2.42. The predicted octanol–water partition coefficient (Wildman–Crippen LogP) is 3.69. The van der Waals surface area contributed by atoms with Crippen LogP contribution < -0.4 is 0 Å². The Kier molecular flexibility index (Phi) is 4.61. The maximum absolute atomic E-state index is 13.0. The van der Waals surface area contributed by atoms with Gasteiger partial charge in [-0.1, -0.05) is 11.6 Å². The molecule has 2 unspecified atom stereocenters. The summed E-state index contributed by atoms with van der Waals surface area (Å²) in [5.74, 6) is 0. The number of piperidine rings is 1. The van der Waals surface area contributed by atoms with Crippen LogP contribution in [0.2, 0.25) is 5.02 Å². The molecule has 0 radical (unpaired) electrons. The molecule has 0 N–H and O–H groups in total. The lowest BCUT2D eigenvalue weighted by molar-refractivity contribution is -0.137. The van der Waals surface area contributed by atoms with Gasteiger partial charge in [0.1, 0.15) is 0 Å². The lowest BCUT2D eigenvalue weighted by Crippen LogP contribution is -2.48. The molecule has 24 heavy (non-hydrogen) atoms. The van der Waals surface area contributed by atoms with Crippen molar-refractivity contribution >= 4 is 21.6 Å². The lowest BCUT2D eigenvalue weighted by Gasteiger charge is -2.37. The summed E-state index contributed by atoms with van der Waals surface area (Å²) >= 11 is 5.58. The fourth-order valence-electron chi connectivity index (χ4n) is 3.67. The number of ether oxygens (including phenoxy) is 1. The number of alkyl halides is 3. The largest absolute Gasteiger partial charge is 0.417 e. The minimum Gasteiger partial charge on any atom is -0.381 e. The molecule has 2 fully saturated rings. The molecule has 9 heteroatoms. The molecular weight excluding hydrogens is 367 g/mol. The van der Waals surface area contributed by atoms with Crippen LogP contribution in [0.4, 0.5) is 13.2 Å². The SMILES string of the molecule is COC1CC2CCC(C1)N2S(=O)(=O)c1ccc(Cl)c(C(F)(F)F)c1. The first-order chi connectivity index (χ1) is 11.1. The minimum atomic E-state index is -4.70. The Morgan fingerprint density at radius 2 is 1.79 bits per heavy atom. The van der Waals surface area contributed by atoms with E-state index in [1.807, 2.05) is 0 Å². The van der Waals surface area contributed by atoms with Gasteiger partial charge in [0.25, 0.3) is 0 Å². The maximum atomic E-state index is 13.0. The van der Waals surface area contributed by atoms with E-state index in [1.54, 1.807) is 7.11 Å². The number of methoxy groups -OCH3 is 1. The standard InChI is InChI=1S/C15H17ClF3NO3S/c1-23-11-6-9-2-3-10(7-11)20(9)24(21,22)12-4-5-14(16)13(8-12)15(17,18)19/h4-5,8-11H,2-3,6-7H2,1H3. The third-order valence-electron chi connectivity index (χ3n) is 4.77. The van der Waals surface area contributed by atoms with Crippen LogP contribution in [0.15, 0.2) is 23.1 Å². The van der Waals surface area contributed by atoms with E-state index in [0.717, 1.165) is 12.1 Å². The first-order valence-corrected chi connectivity index (χ1v) is 9.39. The Morgan fingerprint density at radius 3 is 2.29 bits per heavy atom. The Hall–Kier alpha value is -0.830. The van der Waals surface area contributed by atoms with Gasteiger partial charge < -0.3 is 4.74 Å². The normalized spacial score (nSPS) is 28.3. The van der Waals surface area contributed by atoms with Crippen molar-refractivity contribution < 1.29 is 26.3 Å². The smallest absolute Gasteiger partial charge is 0.381 e. The molecule has 0 aromatic heterocycles. The van der Waals surface area contributed by atoms with Gasteiger partial charge >= 0.3 is 6.18 Å². The van der Waals surface area contributed by atoms with Crippen molar-refractivity contribution in [3.63, 3.8) is 0 Å². The fourth-order valence-corrected chi connectivity index (χ4v) is 5.82. The monoisotopic (exact) mass is 383 g/mol. The highest BCUT2D eigenvalue weighted by Crippen LogP contribution is 2.42. The number of fused-ring (bicyclic) bond motifs is 2. The van der Waals surface area contributed by atoms with E-state index in [9.17, 15) is 21.6 Å². The highest BCUT2D eigenvalue weighted by molar-refractivity contribution is 7.89. The van der Waals surface area contributed by atoms with Crippen molar-refractivity contribution in [3.05, 3.63) is 28.8 Å². The first-order valence-electron chi connectivity index (χ1n) is 7.57. The zero-order valence-corrected chi connectivity index (χ0v) is 14.5. The first kappa shape index (κ1) is 18.0. The topological polar surface area (TPSA) is 46.6 Å². The summed E-state index contributed by atoms with van der Waals surface area (Å²) in [6.07, 6.45) is -2.19. The number of benzene rings is 1. The highest BCUT2D eigenvalue weighted by Gasteiger charge is 2.47. The summed E-state index contributed by atoms with van der Waals surface area (Å²) in [6, 6.07) is 2.28. The van der Waals surface area contributed by atoms with Gasteiger partial charge in [-0.3, -0.25) is 0 Å². The molecule has 1 aromatic rings. The number of halogens is 4. The Balaban J connectivity index is 1.98. The van der Waals surface area contributed by atoms with Crippen LogP contribution in [0.1, 0.15) is 31.2 Å². The van der Waals surface area contributed by atoms with E-state index >= 15 is 0 Å². The second kappa shape index (κ2) is 6.16. The molecule has 2 heterocycles. The van der Waals surface area contributed by atoms with E-state index in [0.29, 0.717) is 31.7 Å². The van der Waals surface area contributed by atoms with Crippen molar-refractivity contribution in [3.8, 4) is 0 Å². The fraction of sp³-hybridized carbons (Fsp3) is 0.600. The molecule has 2 atom stereocenters. The van der Waals surface area contributed by atoms with Crippen LogP contribution in [0.25, 0.3) is 0 Å². The number of hydrogen-bond acceptors (Lipinski definition) is 3. The average Bonchev–Trinajstić information content (AvgIpc) is 2.78. The van der Waals surface area contributed by atoms with Crippen molar-refractivity contribution in [1.29, 1.82) is 0 Å². The summed E-state index contributed by atoms with van der Waals surface area (Å²) in [6.45, 7) is 0. The van der Waals surface area contributed by atoms with E-state index in [1.165, 1.54) is 4.31 Å². The van der Waals surface area contributed by atoms with Crippen LogP contribution in [0, 0.1) is 0 Å². The third-order valence-corrected chi connectivity index (χ3v) is 7.11. The second-order valence-electron chi connectivity index (χ2n) is 6.19. The number of hydrogen-bond donors (Lipinski definition) is 0. The van der Waals surface area contributed by atoms with Crippen molar-refractivity contribution in [2.75, 3.05) is 7.11 Å². The van der Waals surface area contributed by atoms with Gasteiger partial charge in [-0.05, 0) is 43.9 Å². The summed E-state index contributed by atoms with van der Waals surface area (Å²) in [4.78, 5) is -0.369. The van der Waals surface area contributed by atoms with Crippen LogP contribution >= 0.6 is 11.6 Å². The molecule has 4 nitrogen and oxygen atoms in total. The zero-order chi connectivity index (χ0) is 17.7. The molecule has 0 aliphatic carbocycles. The van der Waals surface area contributed by atoms with Crippen molar-refractivity contribution in [1.82, 2.24) is 4.31 Å². The predicted molar refractivity (Wildman–Crippen MR) is 82.3 cm³/mol. The molecule has 2 aliphatic heterocycles. The van der Waals surface area contributed by atoms with Gasteiger partial charge in [0, 0.05) is 19.2 Å². The van der Waals surface area contributed by atoms with E-state index in [-0.39, 0.29) is 23.1 Å². The van der Waals surface area contributed by atoms with E-state index in [4.69, 9.17) is 16.3 Å². The van der Waals surface area contributed by atoms with Gasteiger partial charge in [-0.15, -0.1) is 0 Å². The quantitative estimate of drug-likeness (QED) is 0.799. The minimum absolute atomic E-state index is 0.00935. The van der Waals surface area contributed by atoms with Gasteiger partial charge in [-0.25, -0.2) is 8.42 Å². The molecule has 0 amide bonds. The summed E-state index contributed by atoms with van der Waals surface area (Å²) < 4.78 is 71.6. The number of sulfonamides is 1. The number of nitrogens with zero attached hydrogens (tertiary/aromatic N) is 1. The Bertz CT molecular complexity index is 724. The number of rotatable bonds is 3. The van der Waals surface area contributed by atoms with Crippen LogP contribution in [-0.4, -0.2) is 38.0 Å². The molecule has 2 aliphatic rings.